The summed E-state index contributed by atoms with van der Waals surface area (Å²) >= 11 is 0. The van der Waals surface area contributed by atoms with E-state index in [1.54, 1.807) is 54.0 Å². The van der Waals surface area contributed by atoms with Crippen molar-refractivity contribution in [1.82, 2.24) is 10.1 Å². The van der Waals surface area contributed by atoms with Crippen molar-refractivity contribution < 1.29 is 33.4 Å². The number of aromatic nitrogens is 1. The summed E-state index contributed by atoms with van der Waals surface area (Å²) in [6.07, 6.45) is 0.00382. The molecule has 3 atom stereocenters. The summed E-state index contributed by atoms with van der Waals surface area (Å²) in [6, 6.07) is 6.99. The molecule has 0 radical (unpaired) electrons. The van der Waals surface area contributed by atoms with Gasteiger partial charge in [0.1, 0.15) is 23.6 Å². The Morgan fingerprint density at radius 3 is 2.24 bits per heavy atom. The molecule has 0 bridgehead atoms. The molecule has 2 heterocycles. The molecule has 1 fully saturated rings. The van der Waals surface area contributed by atoms with Crippen LogP contribution >= 0.6 is 0 Å². The summed E-state index contributed by atoms with van der Waals surface area (Å²) in [7, 11) is 0. The number of carbonyl (C=O) groups is 2. The first-order valence-electron chi connectivity index (χ1n) is 10.9. The van der Waals surface area contributed by atoms with Gasteiger partial charge in [0.15, 0.2) is 6.10 Å². The van der Waals surface area contributed by atoms with Crippen LogP contribution in [-0.2, 0) is 20.6 Å². The van der Waals surface area contributed by atoms with Gasteiger partial charge in [-0.3, -0.25) is 4.90 Å². The monoisotopic (exact) mass is 460 g/mol. The molecule has 1 N–H and O–H groups in total. The lowest BCUT2D eigenvalue weighted by Crippen LogP contribution is -2.43. The lowest BCUT2D eigenvalue weighted by molar-refractivity contribution is -0.0486. The molecule has 1 saturated heterocycles. The second-order valence-electron chi connectivity index (χ2n) is 10.1. The Bertz CT molecular complexity index is 943. The average molecular weight is 461 g/mol. The minimum absolute atomic E-state index is 0.00123. The number of ether oxygens (including phenoxy) is 3. The van der Waals surface area contributed by atoms with Gasteiger partial charge in [0.25, 0.3) is 0 Å². The third-order valence-corrected chi connectivity index (χ3v) is 4.98. The molecule has 1 aromatic heterocycles. The van der Waals surface area contributed by atoms with Crippen molar-refractivity contribution in [1.29, 1.82) is 0 Å². The number of rotatable bonds is 4. The molecule has 1 aromatic carbocycles. The largest absolute Gasteiger partial charge is 0.509 e. The third kappa shape index (κ3) is 6.71. The zero-order chi connectivity index (χ0) is 24.4. The van der Waals surface area contributed by atoms with E-state index < -0.39 is 41.7 Å². The number of hydrogen-bond acceptors (Lipinski definition) is 8. The predicted molar refractivity (Wildman–Crippen MR) is 119 cm³/mol. The second kappa shape index (κ2) is 9.43. The number of amides is 1. The second-order valence-corrected chi connectivity index (χ2v) is 10.1. The molecule has 180 valence electrons. The Kier molecular flexibility index (Phi) is 7.02. The van der Waals surface area contributed by atoms with Crippen molar-refractivity contribution in [3.8, 4) is 11.1 Å². The molecule has 0 spiro atoms. The molecule has 9 heteroatoms. The SMILES string of the molecule is CC(C)(C)OC(=O)O[C@H]1CN(C(=O)OC(C)(C)C)[C@H](Cc2ccc(-c3cnoc3)cc2)[C@@H]1O. The molecule has 0 saturated carbocycles. The normalized spacial score (nSPS) is 21.1. The number of nitrogens with zero attached hydrogens (tertiary/aromatic N) is 2. The van der Waals surface area contributed by atoms with E-state index in [1.165, 1.54) is 4.90 Å². The van der Waals surface area contributed by atoms with Gasteiger partial charge in [0.05, 0.1) is 18.8 Å². The highest BCUT2D eigenvalue weighted by molar-refractivity contribution is 5.70. The molecule has 1 amide bonds. The topological polar surface area (TPSA) is 111 Å². The standard InChI is InChI=1S/C24H32N2O7/c1-23(2,3)32-21(28)26-13-19(31-22(29)33-24(4,5)6)20(27)18(26)11-15-7-9-16(10-8-15)17-12-25-30-14-17/h7-10,12,14,18-20,27H,11,13H2,1-6H3/t18-,19+,20+/m1/s1. The zero-order valence-electron chi connectivity index (χ0n) is 19.9. The lowest BCUT2D eigenvalue weighted by atomic mass is 9.99. The summed E-state index contributed by atoms with van der Waals surface area (Å²) in [5.74, 6) is 0. The van der Waals surface area contributed by atoms with Crippen molar-refractivity contribution in [3.63, 3.8) is 0 Å². The van der Waals surface area contributed by atoms with Crippen molar-refractivity contribution in [3.05, 3.63) is 42.3 Å². The van der Waals surface area contributed by atoms with Gasteiger partial charge in [-0.1, -0.05) is 29.4 Å². The van der Waals surface area contributed by atoms with Crippen LogP contribution < -0.4 is 0 Å². The maximum Gasteiger partial charge on any atom is 0.509 e. The summed E-state index contributed by atoms with van der Waals surface area (Å²) in [4.78, 5) is 26.5. The number of aliphatic hydroxyl groups is 1. The van der Waals surface area contributed by atoms with Gasteiger partial charge in [-0.25, -0.2) is 9.59 Å². The molecular weight excluding hydrogens is 428 g/mol. The number of benzene rings is 1. The van der Waals surface area contributed by atoms with Crippen molar-refractivity contribution in [2.75, 3.05) is 6.54 Å². The fraction of sp³-hybridized carbons (Fsp3) is 0.542. The first-order valence-corrected chi connectivity index (χ1v) is 10.9. The highest BCUT2D eigenvalue weighted by atomic mass is 16.7. The van der Waals surface area contributed by atoms with E-state index >= 15 is 0 Å². The molecule has 0 unspecified atom stereocenters. The van der Waals surface area contributed by atoms with Crippen LogP contribution in [0.4, 0.5) is 9.59 Å². The Morgan fingerprint density at radius 2 is 1.70 bits per heavy atom. The van der Waals surface area contributed by atoms with Crippen LogP contribution in [0.25, 0.3) is 11.1 Å². The van der Waals surface area contributed by atoms with Crippen LogP contribution in [-0.4, -0.2) is 63.4 Å². The first kappa shape index (κ1) is 24.6. The molecule has 33 heavy (non-hydrogen) atoms. The predicted octanol–water partition coefficient (Wildman–Crippen LogP) is 4.18. The van der Waals surface area contributed by atoms with E-state index in [0.717, 1.165) is 16.7 Å². The Morgan fingerprint density at radius 1 is 1.06 bits per heavy atom. The summed E-state index contributed by atoms with van der Waals surface area (Å²) < 4.78 is 21.0. The van der Waals surface area contributed by atoms with E-state index in [2.05, 4.69) is 5.16 Å². The molecule has 1 aliphatic rings. The summed E-state index contributed by atoms with van der Waals surface area (Å²) in [5.41, 5.74) is 1.23. The smallest absolute Gasteiger partial charge is 0.444 e. The highest BCUT2D eigenvalue weighted by Gasteiger charge is 2.47. The zero-order valence-corrected chi connectivity index (χ0v) is 19.9. The molecule has 3 rings (SSSR count). The van der Waals surface area contributed by atoms with Crippen LogP contribution in [0.2, 0.25) is 0 Å². The Labute approximate surface area is 193 Å². The Balaban J connectivity index is 1.77. The summed E-state index contributed by atoms with van der Waals surface area (Å²) in [6.45, 7) is 10.5. The van der Waals surface area contributed by atoms with Gasteiger partial charge in [0, 0.05) is 5.56 Å². The molecule has 0 aliphatic carbocycles. The number of aliphatic hydroxyl groups excluding tert-OH is 1. The first-order chi connectivity index (χ1) is 15.3. The van der Waals surface area contributed by atoms with Gasteiger partial charge in [-0.15, -0.1) is 0 Å². The van der Waals surface area contributed by atoms with Crippen LogP contribution in [0.3, 0.4) is 0 Å². The van der Waals surface area contributed by atoms with Gasteiger partial charge in [0.2, 0.25) is 0 Å². The van der Waals surface area contributed by atoms with Gasteiger partial charge in [-0.2, -0.15) is 0 Å². The third-order valence-electron chi connectivity index (χ3n) is 4.98. The van der Waals surface area contributed by atoms with Crippen LogP contribution in [0.1, 0.15) is 47.1 Å². The van der Waals surface area contributed by atoms with Crippen LogP contribution in [0, 0.1) is 0 Å². The maximum atomic E-state index is 12.9. The van der Waals surface area contributed by atoms with Crippen LogP contribution in [0.15, 0.2) is 41.2 Å². The van der Waals surface area contributed by atoms with E-state index in [0.29, 0.717) is 6.42 Å². The molecular formula is C24H32N2O7. The van der Waals surface area contributed by atoms with Gasteiger partial charge in [-0.05, 0) is 59.1 Å². The minimum atomic E-state index is -1.11. The van der Waals surface area contributed by atoms with E-state index in [4.69, 9.17) is 18.7 Å². The molecule has 2 aromatic rings. The van der Waals surface area contributed by atoms with E-state index in [1.807, 2.05) is 24.3 Å². The van der Waals surface area contributed by atoms with Crippen LogP contribution in [0.5, 0.6) is 0 Å². The Hall–Kier alpha value is -3.07. The van der Waals surface area contributed by atoms with Gasteiger partial charge < -0.3 is 23.8 Å². The quantitative estimate of drug-likeness (QED) is 0.676. The van der Waals surface area contributed by atoms with Crippen molar-refractivity contribution >= 4 is 12.2 Å². The van der Waals surface area contributed by atoms with Crippen molar-refractivity contribution in [2.45, 2.75) is 77.4 Å². The fourth-order valence-corrected chi connectivity index (χ4v) is 3.56. The number of likely N-dealkylation sites (tertiary alicyclic amines) is 1. The van der Waals surface area contributed by atoms with E-state index in [-0.39, 0.29) is 6.54 Å². The summed E-state index contributed by atoms with van der Waals surface area (Å²) in [5, 5.41) is 14.7. The van der Waals surface area contributed by atoms with E-state index in [9.17, 15) is 14.7 Å². The fourth-order valence-electron chi connectivity index (χ4n) is 3.56. The lowest BCUT2D eigenvalue weighted by Gasteiger charge is -2.29. The van der Waals surface area contributed by atoms with Crippen molar-refractivity contribution in [2.24, 2.45) is 0 Å². The minimum Gasteiger partial charge on any atom is -0.444 e. The number of hydrogen-bond donors (Lipinski definition) is 1. The maximum absolute atomic E-state index is 12.9. The number of carbonyl (C=O) groups excluding carboxylic acids is 2. The van der Waals surface area contributed by atoms with Gasteiger partial charge >= 0.3 is 12.2 Å². The molecule has 9 nitrogen and oxygen atoms in total. The highest BCUT2D eigenvalue weighted by Crippen LogP contribution is 2.28. The molecule has 1 aliphatic heterocycles. The average Bonchev–Trinajstić information content (AvgIpc) is 3.30.